The van der Waals surface area contributed by atoms with Crippen molar-refractivity contribution >= 4 is 32.4 Å². The number of hydrogen-bond acceptors (Lipinski definition) is 5. The molecule has 0 bridgehead atoms. The van der Waals surface area contributed by atoms with E-state index in [2.05, 4.69) is 15.3 Å². The van der Waals surface area contributed by atoms with Gasteiger partial charge in [-0.25, -0.2) is 22.8 Å². The molecule has 0 unspecified atom stereocenters. The standard InChI is InChI=1S/C19H16F4N4O2S/c20-12-3-8-15-16(11-12)25-18(19(21,22)23)26-17(15)24-13-4-6-14(7-5-13)30(28,29)27-9-1-2-10-27/h3-8,11H,1-2,9-10H2,(H,24,25,26). The number of rotatable bonds is 4. The SMILES string of the molecule is O=S(=O)(c1ccc(Nc2nc(C(F)(F)F)nc3cc(F)ccc23)cc1)N1CCCC1. The number of sulfonamides is 1. The molecule has 0 saturated carbocycles. The second-order valence-corrected chi connectivity index (χ2v) is 8.75. The number of benzene rings is 2. The summed E-state index contributed by atoms with van der Waals surface area (Å²) in [6, 6.07) is 8.90. The van der Waals surface area contributed by atoms with Gasteiger partial charge in [0.25, 0.3) is 0 Å². The van der Waals surface area contributed by atoms with Crippen molar-refractivity contribution in [2.75, 3.05) is 18.4 Å². The summed E-state index contributed by atoms with van der Waals surface area (Å²) in [4.78, 5) is 7.03. The van der Waals surface area contributed by atoms with Crippen LogP contribution in [0, 0.1) is 5.82 Å². The van der Waals surface area contributed by atoms with Crippen LogP contribution in [0.4, 0.5) is 29.1 Å². The van der Waals surface area contributed by atoms with Crippen LogP contribution in [0.25, 0.3) is 10.9 Å². The Morgan fingerprint density at radius 2 is 1.63 bits per heavy atom. The van der Waals surface area contributed by atoms with Gasteiger partial charge in [-0.1, -0.05) is 0 Å². The van der Waals surface area contributed by atoms with Crippen LogP contribution in [-0.4, -0.2) is 35.8 Å². The zero-order chi connectivity index (χ0) is 21.5. The molecule has 0 amide bonds. The highest BCUT2D eigenvalue weighted by Crippen LogP contribution is 2.32. The van der Waals surface area contributed by atoms with Crippen LogP contribution in [0.3, 0.4) is 0 Å². The third-order valence-electron chi connectivity index (χ3n) is 4.73. The largest absolute Gasteiger partial charge is 0.451 e. The maximum Gasteiger partial charge on any atom is 0.451 e. The van der Waals surface area contributed by atoms with Crippen molar-refractivity contribution in [1.29, 1.82) is 0 Å². The molecule has 158 valence electrons. The van der Waals surface area contributed by atoms with Gasteiger partial charge in [0.1, 0.15) is 11.6 Å². The second-order valence-electron chi connectivity index (χ2n) is 6.82. The third-order valence-corrected chi connectivity index (χ3v) is 6.65. The zero-order valence-electron chi connectivity index (χ0n) is 15.4. The predicted molar refractivity (Wildman–Crippen MR) is 102 cm³/mol. The molecule has 1 aromatic heterocycles. The van der Waals surface area contributed by atoms with E-state index in [1.807, 2.05) is 0 Å². The molecule has 6 nitrogen and oxygen atoms in total. The van der Waals surface area contributed by atoms with Crippen LogP contribution in [0.5, 0.6) is 0 Å². The van der Waals surface area contributed by atoms with Crippen molar-refractivity contribution in [3.8, 4) is 0 Å². The Kier molecular flexibility index (Phi) is 5.10. The average molecular weight is 440 g/mol. The van der Waals surface area contributed by atoms with Crippen molar-refractivity contribution in [3.05, 3.63) is 54.1 Å². The van der Waals surface area contributed by atoms with E-state index in [1.54, 1.807) is 0 Å². The normalized spacial score (nSPS) is 15.6. The lowest BCUT2D eigenvalue weighted by atomic mass is 10.2. The molecule has 1 fully saturated rings. The molecule has 2 aromatic carbocycles. The molecule has 1 aliphatic heterocycles. The van der Waals surface area contributed by atoms with E-state index in [9.17, 15) is 26.0 Å². The van der Waals surface area contributed by atoms with E-state index in [1.165, 1.54) is 34.6 Å². The first-order valence-corrected chi connectivity index (χ1v) is 10.5. The highest BCUT2D eigenvalue weighted by atomic mass is 32.2. The van der Waals surface area contributed by atoms with Crippen molar-refractivity contribution in [1.82, 2.24) is 14.3 Å². The van der Waals surface area contributed by atoms with Gasteiger partial charge >= 0.3 is 6.18 Å². The van der Waals surface area contributed by atoms with Crippen LogP contribution in [0.2, 0.25) is 0 Å². The van der Waals surface area contributed by atoms with Crippen molar-refractivity contribution in [2.24, 2.45) is 0 Å². The molecule has 4 rings (SSSR count). The molecule has 0 aliphatic carbocycles. The number of hydrogen-bond donors (Lipinski definition) is 1. The number of nitrogens with one attached hydrogen (secondary N) is 1. The summed E-state index contributed by atoms with van der Waals surface area (Å²) in [5.74, 6) is -2.30. The lowest BCUT2D eigenvalue weighted by Gasteiger charge is -2.16. The van der Waals surface area contributed by atoms with Crippen molar-refractivity contribution in [3.63, 3.8) is 0 Å². The Morgan fingerprint density at radius 3 is 2.27 bits per heavy atom. The van der Waals surface area contributed by atoms with E-state index in [4.69, 9.17) is 0 Å². The molecule has 0 radical (unpaired) electrons. The van der Waals surface area contributed by atoms with Crippen LogP contribution in [0.1, 0.15) is 18.7 Å². The van der Waals surface area contributed by atoms with Gasteiger partial charge in [-0.05, 0) is 49.2 Å². The Labute approximate surface area is 169 Å². The topological polar surface area (TPSA) is 75.2 Å². The maximum atomic E-state index is 13.5. The Morgan fingerprint density at radius 1 is 0.967 bits per heavy atom. The van der Waals surface area contributed by atoms with Crippen molar-refractivity contribution in [2.45, 2.75) is 23.9 Å². The maximum absolute atomic E-state index is 13.5. The highest BCUT2D eigenvalue weighted by molar-refractivity contribution is 7.89. The number of fused-ring (bicyclic) bond motifs is 1. The fourth-order valence-electron chi connectivity index (χ4n) is 3.25. The van der Waals surface area contributed by atoms with E-state index >= 15 is 0 Å². The number of halogens is 4. The summed E-state index contributed by atoms with van der Waals surface area (Å²) < 4.78 is 79.5. The monoisotopic (exact) mass is 440 g/mol. The number of aromatic nitrogens is 2. The van der Waals surface area contributed by atoms with Gasteiger partial charge in [0, 0.05) is 30.2 Å². The molecule has 1 saturated heterocycles. The van der Waals surface area contributed by atoms with Gasteiger partial charge in [0.2, 0.25) is 15.8 Å². The molecule has 2 heterocycles. The van der Waals surface area contributed by atoms with Gasteiger partial charge < -0.3 is 5.32 Å². The molecule has 3 aromatic rings. The third kappa shape index (κ3) is 3.94. The minimum Gasteiger partial charge on any atom is -0.340 e. The predicted octanol–water partition coefficient (Wildman–Crippen LogP) is 4.32. The molecule has 0 atom stereocenters. The van der Waals surface area contributed by atoms with Crippen LogP contribution in [0.15, 0.2) is 47.4 Å². The minimum atomic E-state index is -4.81. The molecule has 1 aliphatic rings. The number of alkyl halides is 3. The Bertz CT molecular complexity index is 1190. The van der Waals surface area contributed by atoms with Gasteiger partial charge in [0.05, 0.1) is 10.4 Å². The first-order valence-electron chi connectivity index (χ1n) is 9.06. The van der Waals surface area contributed by atoms with Crippen LogP contribution in [-0.2, 0) is 16.2 Å². The fourth-order valence-corrected chi connectivity index (χ4v) is 4.77. The summed E-state index contributed by atoms with van der Waals surface area (Å²) >= 11 is 0. The van der Waals surface area contributed by atoms with E-state index < -0.39 is 27.8 Å². The fraction of sp³-hybridized carbons (Fsp3) is 0.263. The molecule has 11 heteroatoms. The number of nitrogens with zero attached hydrogens (tertiary/aromatic N) is 3. The summed E-state index contributed by atoms with van der Waals surface area (Å²) in [5, 5.41) is 2.94. The van der Waals surface area contributed by atoms with Crippen LogP contribution >= 0.6 is 0 Å². The van der Waals surface area contributed by atoms with Gasteiger partial charge in [-0.3, -0.25) is 0 Å². The highest BCUT2D eigenvalue weighted by Gasteiger charge is 2.35. The van der Waals surface area contributed by atoms with E-state index in [0.717, 1.165) is 25.0 Å². The molecule has 30 heavy (non-hydrogen) atoms. The lowest BCUT2D eigenvalue weighted by molar-refractivity contribution is -0.144. The first kappa shape index (κ1) is 20.5. The minimum absolute atomic E-state index is 0.0977. The molecule has 0 spiro atoms. The first-order chi connectivity index (χ1) is 14.1. The summed E-state index contributed by atoms with van der Waals surface area (Å²) in [6.45, 7) is 0.929. The van der Waals surface area contributed by atoms with Gasteiger partial charge in [-0.2, -0.15) is 17.5 Å². The number of anilines is 2. The van der Waals surface area contributed by atoms with Gasteiger partial charge in [-0.15, -0.1) is 0 Å². The Hall–Kier alpha value is -2.79. The van der Waals surface area contributed by atoms with Crippen molar-refractivity contribution < 1.29 is 26.0 Å². The summed E-state index contributed by atoms with van der Waals surface area (Å²) in [7, 11) is -3.60. The van der Waals surface area contributed by atoms with E-state index in [0.29, 0.717) is 18.8 Å². The second kappa shape index (κ2) is 7.47. The molecule has 1 N–H and O–H groups in total. The molecular formula is C19H16F4N4O2S. The van der Waals surface area contributed by atoms with Gasteiger partial charge in [0.15, 0.2) is 0 Å². The summed E-state index contributed by atoms with van der Waals surface area (Å²) in [5.41, 5.74) is 0.126. The molecular weight excluding hydrogens is 424 g/mol. The average Bonchev–Trinajstić information content (AvgIpc) is 3.23. The smallest absolute Gasteiger partial charge is 0.340 e. The quantitative estimate of drug-likeness (QED) is 0.612. The Balaban J connectivity index is 1.68. The lowest BCUT2D eigenvalue weighted by Crippen LogP contribution is -2.27. The van der Waals surface area contributed by atoms with E-state index in [-0.39, 0.29) is 21.6 Å². The van der Waals surface area contributed by atoms with Crippen LogP contribution < -0.4 is 5.32 Å². The summed E-state index contributed by atoms with van der Waals surface area (Å²) in [6.07, 6.45) is -3.20. The zero-order valence-corrected chi connectivity index (χ0v) is 16.3.